The topological polar surface area (TPSA) is 26.3 Å². The highest BCUT2D eigenvalue weighted by atomic mass is 19.1. The van der Waals surface area contributed by atoms with Crippen LogP contribution in [0.5, 0.6) is 5.75 Å². The molecule has 0 aromatic heterocycles. The summed E-state index contributed by atoms with van der Waals surface area (Å²) >= 11 is 0. The van der Waals surface area contributed by atoms with Crippen LogP contribution in [0.1, 0.15) is 17.3 Å². The normalized spacial score (nSPS) is 10.2. The maximum Gasteiger partial charge on any atom is 0.159 e. The molecule has 0 saturated heterocycles. The monoisotopic (exact) mass is 244 g/mol. The summed E-state index contributed by atoms with van der Waals surface area (Å²) in [5.41, 5.74) is 2.12. The van der Waals surface area contributed by atoms with Crippen LogP contribution < -0.4 is 4.74 Å². The first-order chi connectivity index (χ1) is 8.61. The number of methoxy groups -OCH3 is 1. The van der Waals surface area contributed by atoms with Gasteiger partial charge in [0.1, 0.15) is 11.6 Å². The summed E-state index contributed by atoms with van der Waals surface area (Å²) in [5.74, 6) is 0.293. The molecule has 3 heteroatoms. The smallest absolute Gasteiger partial charge is 0.159 e. The number of ketones is 1. The zero-order valence-electron chi connectivity index (χ0n) is 10.2. The number of hydrogen-bond donors (Lipinski definition) is 0. The summed E-state index contributed by atoms with van der Waals surface area (Å²) in [6.45, 7) is 1.51. The molecular formula is C15H13FO2. The summed E-state index contributed by atoms with van der Waals surface area (Å²) in [4.78, 5) is 11.2. The van der Waals surface area contributed by atoms with Crippen molar-refractivity contribution in [2.45, 2.75) is 6.92 Å². The second kappa shape index (κ2) is 5.00. The molecule has 0 spiro atoms. The number of rotatable bonds is 3. The lowest BCUT2D eigenvalue weighted by molar-refractivity contribution is 0.101. The first-order valence-electron chi connectivity index (χ1n) is 5.56. The molecule has 92 valence electrons. The Bertz CT molecular complexity index is 574. The lowest BCUT2D eigenvalue weighted by atomic mass is 10.0. The fourth-order valence-corrected chi connectivity index (χ4v) is 1.79. The number of halogens is 1. The van der Waals surface area contributed by atoms with Crippen molar-refractivity contribution in [2.75, 3.05) is 7.11 Å². The van der Waals surface area contributed by atoms with Gasteiger partial charge in [-0.3, -0.25) is 4.79 Å². The van der Waals surface area contributed by atoms with Gasteiger partial charge in [-0.2, -0.15) is 0 Å². The predicted molar refractivity (Wildman–Crippen MR) is 68.4 cm³/mol. The molecule has 0 N–H and O–H groups in total. The second-order valence-electron chi connectivity index (χ2n) is 3.98. The molecule has 0 heterocycles. The van der Waals surface area contributed by atoms with Crippen LogP contribution in [-0.4, -0.2) is 12.9 Å². The minimum Gasteiger partial charge on any atom is -0.496 e. The number of carbonyl (C=O) groups is 1. The Morgan fingerprint density at radius 3 is 2.33 bits per heavy atom. The van der Waals surface area contributed by atoms with Crippen LogP contribution in [0.25, 0.3) is 11.1 Å². The molecule has 2 aromatic rings. The highest BCUT2D eigenvalue weighted by Gasteiger charge is 2.08. The van der Waals surface area contributed by atoms with Crippen molar-refractivity contribution in [3.05, 3.63) is 53.8 Å². The van der Waals surface area contributed by atoms with Crippen molar-refractivity contribution >= 4 is 5.78 Å². The Labute approximate surface area is 105 Å². The van der Waals surface area contributed by atoms with E-state index in [-0.39, 0.29) is 11.6 Å². The summed E-state index contributed by atoms with van der Waals surface area (Å²) < 4.78 is 18.5. The third-order valence-corrected chi connectivity index (χ3v) is 2.76. The zero-order chi connectivity index (χ0) is 13.1. The summed E-state index contributed by atoms with van der Waals surface area (Å²) in [6, 6.07) is 11.4. The summed E-state index contributed by atoms with van der Waals surface area (Å²) in [7, 11) is 1.54. The lowest BCUT2D eigenvalue weighted by Gasteiger charge is -2.09. The highest BCUT2D eigenvalue weighted by molar-refractivity contribution is 5.94. The number of benzene rings is 2. The average Bonchev–Trinajstić information content (AvgIpc) is 2.39. The van der Waals surface area contributed by atoms with Gasteiger partial charge < -0.3 is 4.74 Å². The molecule has 2 nitrogen and oxygen atoms in total. The highest BCUT2D eigenvalue weighted by Crippen LogP contribution is 2.30. The summed E-state index contributed by atoms with van der Waals surface area (Å²) in [5, 5.41) is 0. The van der Waals surface area contributed by atoms with E-state index in [1.165, 1.54) is 19.1 Å². The van der Waals surface area contributed by atoms with E-state index in [0.717, 1.165) is 5.56 Å². The number of ether oxygens (including phenoxy) is 1. The van der Waals surface area contributed by atoms with Gasteiger partial charge in [-0.05, 0) is 30.7 Å². The molecule has 0 unspecified atom stereocenters. The van der Waals surface area contributed by atoms with Gasteiger partial charge in [0.25, 0.3) is 0 Å². The zero-order valence-corrected chi connectivity index (χ0v) is 10.2. The van der Waals surface area contributed by atoms with E-state index < -0.39 is 0 Å². The van der Waals surface area contributed by atoms with Crippen molar-refractivity contribution in [1.82, 2.24) is 0 Å². The third kappa shape index (κ3) is 2.40. The van der Waals surface area contributed by atoms with Crippen LogP contribution in [0, 0.1) is 5.82 Å². The standard InChI is InChI=1S/C15H13FO2/c1-10(17)11-3-5-12(6-4-11)14-9-13(16)7-8-15(14)18-2/h3-9H,1-2H3. The van der Waals surface area contributed by atoms with Gasteiger partial charge in [0.15, 0.2) is 5.78 Å². The van der Waals surface area contributed by atoms with Gasteiger partial charge >= 0.3 is 0 Å². The van der Waals surface area contributed by atoms with Crippen LogP contribution in [0.15, 0.2) is 42.5 Å². The molecule has 0 saturated carbocycles. The van der Waals surface area contributed by atoms with E-state index in [1.54, 1.807) is 37.4 Å². The van der Waals surface area contributed by atoms with Gasteiger partial charge in [0.2, 0.25) is 0 Å². The Hall–Kier alpha value is -2.16. The molecule has 18 heavy (non-hydrogen) atoms. The van der Waals surface area contributed by atoms with Gasteiger partial charge in [-0.1, -0.05) is 24.3 Å². The average molecular weight is 244 g/mol. The molecular weight excluding hydrogens is 231 g/mol. The Balaban J connectivity index is 2.48. The van der Waals surface area contributed by atoms with Gasteiger partial charge in [0, 0.05) is 11.1 Å². The van der Waals surface area contributed by atoms with Crippen molar-refractivity contribution in [1.29, 1.82) is 0 Å². The molecule has 0 bridgehead atoms. The van der Waals surface area contributed by atoms with E-state index in [1.807, 2.05) is 0 Å². The SMILES string of the molecule is COc1ccc(F)cc1-c1ccc(C(C)=O)cc1. The molecule has 0 aliphatic heterocycles. The maximum atomic E-state index is 13.3. The van der Waals surface area contributed by atoms with Gasteiger partial charge in [-0.25, -0.2) is 4.39 Å². The van der Waals surface area contributed by atoms with Crippen LogP contribution in [0.4, 0.5) is 4.39 Å². The minimum absolute atomic E-state index is 0.00718. The fourth-order valence-electron chi connectivity index (χ4n) is 1.79. The van der Waals surface area contributed by atoms with E-state index in [9.17, 15) is 9.18 Å². The quantitative estimate of drug-likeness (QED) is 0.769. The van der Waals surface area contributed by atoms with Crippen LogP contribution in [-0.2, 0) is 0 Å². The number of carbonyl (C=O) groups excluding carboxylic acids is 1. The van der Waals surface area contributed by atoms with Gasteiger partial charge in [0.05, 0.1) is 7.11 Å². The number of Topliss-reactive ketones (excluding diaryl/α,β-unsaturated/α-hetero) is 1. The van der Waals surface area contributed by atoms with Crippen molar-refractivity contribution in [3.8, 4) is 16.9 Å². The van der Waals surface area contributed by atoms with E-state index in [2.05, 4.69) is 0 Å². The van der Waals surface area contributed by atoms with Crippen molar-refractivity contribution in [2.24, 2.45) is 0 Å². The molecule has 0 aliphatic rings. The van der Waals surface area contributed by atoms with E-state index in [0.29, 0.717) is 16.9 Å². The Kier molecular flexibility index (Phi) is 3.42. The molecule has 0 radical (unpaired) electrons. The molecule has 2 aromatic carbocycles. The summed E-state index contributed by atoms with van der Waals surface area (Å²) in [6.07, 6.45) is 0. The second-order valence-corrected chi connectivity index (χ2v) is 3.98. The first kappa shape index (κ1) is 12.3. The lowest BCUT2D eigenvalue weighted by Crippen LogP contribution is -1.92. The third-order valence-electron chi connectivity index (χ3n) is 2.76. The van der Waals surface area contributed by atoms with Crippen LogP contribution >= 0.6 is 0 Å². The molecule has 0 fully saturated rings. The maximum absolute atomic E-state index is 13.3. The Morgan fingerprint density at radius 2 is 1.78 bits per heavy atom. The Morgan fingerprint density at radius 1 is 1.11 bits per heavy atom. The largest absolute Gasteiger partial charge is 0.496 e. The van der Waals surface area contributed by atoms with E-state index >= 15 is 0 Å². The van der Waals surface area contributed by atoms with Crippen molar-refractivity contribution in [3.63, 3.8) is 0 Å². The van der Waals surface area contributed by atoms with Crippen LogP contribution in [0.2, 0.25) is 0 Å². The molecule has 0 aliphatic carbocycles. The van der Waals surface area contributed by atoms with Gasteiger partial charge in [-0.15, -0.1) is 0 Å². The molecule has 2 rings (SSSR count). The fraction of sp³-hybridized carbons (Fsp3) is 0.133. The van der Waals surface area contributed by atoms with E-state index in [4.69, 9.17) is 4.74 Å². The molecule has 0 amide bonds. The van der Waals surface area contributed by atoms with Crippen LogP contribution in [0.3, 0.4) is 0 Å². The first-order valence-corrected chi connectivity index (χ1v) is 5.56. The van der Waals surface area contributed by atoms with Crippen molar-refractivity contribution < 1.29 is 13.9 Å². The predicted octanol–water partition coefficient (Wildman–Crippen LogP) is 3.70. The number of hydrogen-bond acceptors (Lipinski definition) is 2. The molecule has 0 atom stereocenters. The minimum atomic E-state index is -0.318.